The van der Waals surface area contributed by atoms with Gasteiger partial charge in [-0.1, -0.05) is 0 Å². The van der Waals surface area contributed by atoms with E-state index in [1.807, 2.05) is 17.9 Å². The van der Waals surface area contributed by atoms with Crippen LogP contribution in [0.1, 0.15) is 54.7 Å². The molecule has 5 heteroatoms. The lowest BCUT2D eigenvalue weighted by Crippen LogP contribution is -2.43. The Bertz CT molecular complexity index is 451. The van der Waals surface area contributed by atoms with Gasteiger partial charge in [0.25, 0.3) is 5.91 Å². The summed E-state index contributed by atoms with van der Waals surface area (Å²) in [6.07, 6.45) is 4.67. The molecular formula is C14H21N3O2. The van der Waals surface area contributed by atoms with Gasteiger partial charge in [0.05, 0.1) is 6.10 Å². The quantitative estimate of drug-likeness (QED) is 0.903. The number of carbonyl (C=O) groups excluding carboxylic acids is 1. The number of amides is 1. The Hall–Kier alpha value is -1.36. The van der Waals surface area contributed by atoms with E-state index < -0.39 is 0 Å². The second-order valence-electron chi connectivity index (χ2n) is 5.45. The average Bonchev–Trinajstić information content (AvgIpc) is 3.17. The van der Waals surface area contributed by atoms with Gasteiger partial charge < -0.3 is 9.64 Å². The minimum absolute atomic E-state index is 0.0348. The first kappa shape index (κ1) is 12.7. The lowest BCUT2D eigenvalue weighted by molar-refractivity contribution is 0.00703. The van der Waals surface area contributed by atoms with Gasteiger partial charge in [-0.25, -0.2) is 0 Å². The molecule has 1 aromatic heterocycles. The number of rotatable bonds is 4. The molecule has 0 bridgehead atoms. The van der Waals surface area contributed by atoms with Crippen LogP contribution in [0.25, 0.3) is 0 Å². The van der Waals surface area contributed by atoms with Gasteiger partial charge in [0, 0.05) is 31.3 Å². The number of aromatic amines is 1. The highest BCUT2D eigenvalue weighted by Crippen LogP contribution is 2.39. The SMILES string of the molecule is CCO[C@H]1CCCN(C(=O)c2cc(C3CC3)[nH]n2)C1. The molecule has 0 spiro atoms. The van der Waals surface area contributed by atoms with Crippen LogP contribution in [0.2, 0.25) is 0 Å². The third-order valence-corrected chi connectivity index (χ3v) is 3.90. The summed E-state index contributed by atoms with van der Waals surface area (Å²) in [5, 5.41) is 7.16. The second kappa shape index (κ2) is 5.33. The van der Waals surface area contributed by atoms with Crippen LogP contribution in [0, 0.1) is 0 Å². The van der Waals surface area contributed by atoms with E-state index in [0.717, 1.165) is 25.1 Å². The number of piperidine rings is 1. The largest absolute Gasteiger partial charge is 0.377 e. The molecule has 1 aliphatic carbocycles. The fourth-order valence-corrected chi connectivity index (χ4v) is 2.71. The zero-order valence-corrected chi connectivity index (χ0v) is 11.4. The molecule has 1 atom stereocenters. The Labute approximate surface area is 113 Å². The zero-order chi connectivity index (χ0) is 13.2. The molecule has 1 N–H and O–H groups in total. The van der Waals surface area contributed by atoms with E-state index in [2.05, 4.69) is 10.2 Å². The Kier molecular flexibility index (Phi) is 3.55. The van der Waals surface area contributed by atoms with Crippen molar-refractivity contribution >= 4 is 5.91 Å². The molecule has 2 aliphatic rings. The zero-order valence-electron chi connectivity index (χ0n) is 11.4. The summed E-state index contributed by atoms with van der Waals surface area (Å²) < 4.78 is 5.63. The number of H-pyrrole nitrogens is 1. The molecule has 3 rings (SSSR count). The predicted molar refractivity (Wildman–Crippen MR) is 71.1 cm³/mol. The van der Waals surface area contributed by atoms with Crippen LogP contribution >= 0.6 is 0 Å². The lowest BCUT2D eigenvalue weighted by atomic mass is 10.1. The van der Waals surface area contributed by atoms with E-state index in [-0.39, 0.29) is 12.0 Å². The number of aromatic nitrogens is 2. The monoisotopic (exact) mass is 263 g/mol. The maximum absolute atomic E-state index is 12.4. The van der Waals surface area contributed by atoms with Crippen molar-refractivity contribution in [1.82, 2.24) is 15.1 Å². The molecule has 104 valence electrons. The molecule has 1 saturated carbocycles. The summed E-state index contributed by atoms with van der Waals surface area (Å²) in [7, 11) is 0. The molecule has 19 heavy (non-hydrogen) atoms. The summed E-state index contributed by atoms with van der Waals surface area (Å²) in [5.41, 5.74) is 1.67. The minimum Gasteiger partial charge on any atom is -0.377 e. The number of carbonyl (C=O) groups is 1. The molecule has 1 aromatic rings. The van der Waals surface area contributed by atoms with Crippen LogP contribution in [0.4, 0.5) is 0 Å². The first-order valence-corrected chi connectivity index (χ1v) is 7.24. The van der Waals surface area contributed by atoms with Gasteiger partial charge in [0.1, 0.15) is 5.69 Å². The second-order valence-corrected chi connectivity index (χ2v) is 5.45. The van der Waals surface area contributed by atoms with Crippen LogP contribution < -0.4 is 0 Å². The van der Waals surface area contributed by atoms with E-state index in [1.165, 1.54) is 12.8 Å². The molecule has 2 fully saturated rings. The van der Waals surface area contributed by atoms with E-state index in [4.69, 9.17) is 4.74 Å². The molecule has 1 aliphatic heterocycles. The van der Waals surface area contributed by atoms with Crippen molar-refractivity contribution in [3.8, 4) is 0 Å². The van der Waals surface area contributed by atoms with E-state index >= 15 is 0 Å². The first-order valence-electron chi connectivity index (χ1n) is 7.24. The molecule has 1 saturated heterocycles. The maximum Gasteiger partial charge on any atom is 0.274 e. The van der Waals surface area contributed by atoms with E-state index in [9.17, 15) is 4.79 Å². The molecule has 1 amide bonds. The summed E-state index contributed by atoms with van der Waals surface area (Å²) >= 11 is 0. The highest BCUT2D eigenvalue weighted by molar-refractivity contribution is 5.92. The molecular weight excluding hydrogens is 242 g/mol. The van der Waals surface area contributed by atoms with Crippen LogP contribution in [0.15, 0.2) is 6.07 Å². The van der Waals surface area contributed by atoms with Crippen molar-refractivity contribution < 1.29 is 9.53 Å². The Balaban J connectivity index is 1.64. The fourth-order valence-electron chi connectivity index (χ4n) is 2.71. The summed E-state index contributed by atoms with van der Waals surface area (Å²) in [6, 6.07) is 1.92. The number of hydrogen-bond acceptors (Lipinski definition) is 3. The Morgan fingerprint density at radius 3 is 3.11 bits per heavy atom. The topological polar surface area (TPSA) is 58.2 Å². The van der Waals surface area contributed by atoms with Crippen molar-refractivity contribution in [1.29, 1.82) is 0 Å². The Morgan fingerprint density at radius 1 is 1.53 bits per heavy atom. The average molecular weight is 263 g/mol. The van der Waals surface area contributed by atoms with E-state index in [1.54, 1.807) is 0 Å². The van der Waals surface area contributed by atoms with E-state index in [0.29, 0.717) is 24.8 Å². The number of ether oxygens (including phenoxy) is 1. The van der Waals surface area contributed by atoms with Crippen molar-refractivity contribution in [2.75, 3.05) is 19.7 Å². The normalized spacial score (nSPS) is 23.6. The summed E-state index contributed by atoms with van der Waals surface area (Å²) in [6.45, 7) is 4.21. The van der Waals surface area contributed by atoms with Crippen LogP contribution in [-0.4, -0.2) is 46.8 Å². The van der Waals surface area contributed by atoms with Crippen molar-refractivity contribution in [2.45, 2.75) is 44.6 Å². The third-order valence-electron chi connectivity index (χ3n) is 3.90. The van der Waals surface area contributed by atoms with Crippen molar-refractivity contribution in [2.24, 2.45) is 0 Å². The van der Waals surface area contributed by atoms with Gasteiger partial charge in [-0.15, -0.1) is 0 Å². The maximum atomic E-state index is 12.4. The number of nitrogens with zero attached hydrogens (tertiary/aromatic N) is 2. The van der Waals surface area contributed by atoms with Gasteiger partial charge in [0.15, 0.2) is 0 Å². The predicted octanol–water partition coefficient (Wildman–Crippen LogP) is 1.93. The highest BCUT2D eigenvalue weighted by atomic mass is 16.5. The molecule has 2 heterocycles. The highest BCUT2D eigenvalue weighted by Gasteiger charge is 2.29. The lowest BCUT2D eigenvalue weighted by Gasteiger charge is -2.32. The van der Waals surface area contributed by atoms with Crippen LogP contribution in [-0.2, 0) is 4.74 Å². The standard InChI is InChI=1S/C14H21N3O2/c1-2-19-11-4-3-7-17(9-11)14(18)13-8-12(15-16-13)10-5-6-10/h8,10-11H,2-7,9H2,1H3,(H,15,16)/t11-/m0/s1. The van der Waals surface area contributed by atoms with Crippen LogP contribution in [0.3, 0.4) is 0 Å². The van der Waals surface area contributed by atoms with Gasteiger partial charge >= 0.3 is 0 Å². The number of nitrogens with one attached hydrogen (secondary N) is 1. The van der Waals surface area contributed by atoms with Gasteiger partial charge in [-0.05, 0) is 38.7 Å². The molecule has 0 unspecified atom stereocenters. The molecule has 5 nitrogen and oxygen atoms in total. The fraction of sp³-hybridized carbons (Fsp3) is 0.714. The first-order chi connectivity index (χ1) is 9.28. The van der Waals surface area contributed by atoms with Crippen molar-refractivity contribution in [3.05, 3.63) is 17.5 Å². The smallest absolute Gasteiger partial charge is 0.274 e. The molecule has 0 aromatic carbocycles. The van der Waals surface area contributed by atoms with Crippen LogP contribution in [0.5, 0.6) is 0 Å². The molecule has 0 radical (unpaired) electrons. The van der Waals surface area contributed by atoms with Gasteiger partial charge in [0.2, 0.25) is 0 Å². The Morgan fingerprint density at radius 2 is 2.37 bits per heavy atom. The third kappa shape index (κ3) is 2.81. The summed E-state index contributed by atoms with van der Waals surface area (Å²) in [5.74, 6) is 0.638. The minimum atomic E-state index is 0.0348. The van der Waals surface area contributed by atoms with Crippen molar-refractivity contribution in [3.63, 3.8) is 0 Å². The number of hydrogen-bond donors (Lipinski definition) is 1. The number of likely N-dealkylation sites (tertiary alicyclic amines) is 1. The van der Waals surface area contributed by atoms with Gasteiger partial charge in [-0.2, -0.15) is 5.10 Å². The van der Waals surface area contributed by atoms with Gasteiger partial charge in [-0.3, -0.25) is 9.89 Å². The summed E-state index contributed by atoms with van der Waals surface area (Å²) in [4.78, 5) is 14.3.